The van der Waals surface area contributed by atoms with Crippen molar-refractivity contribution >= 4 is 17.4 Å². The second-order valence-corrected chi connectivity index (χ2v) is 11.0. The van der Waals surface area contributed by atoms with Gasteiger partial charge in [0.2, 0.25) is 5.78 Å². The van der Waals surface area contributed by atoms with E-state index in [2.05, 4.69) is 18.3 Å². The highest BCUT2D eigenvalue weighted by Gasteiger charge is 2.58. The minimum absolute atomic E-state index is 0.00984. The molecule has 172 valence electrons. The summed E-state index contributed by atoms with van der Waals surface area (Å²) in [7, 11) is 1.47. The standard InChI is InChI=1S/C27H35NO4/c1-26-12-10-17(29)14-16(26)8-9-18-20(26)11-13-27(2,25(31)32-3)21(18)15-23-24(30)19-6-4-5-7-22(19)28-23/h4-7,15-18,20-21,28-29H,8-14H2,1-3H3/b23-15+/t16-,17-,18+,20-,21-,26-,27-/m0/s1. The minimum atomic E-state index is -0.642. The van der Waals surface area contributed by atoms with Crippen LogP contribution in [-0.2, 0) is 9.53 Å². The van der Waals surface area contributed by atoms with E-state index in [1.54, 1.807) is 0 Å². The predicted octanol–water partition coefficient (Wildman–Crippen LogP) is 4.96. The average molecular weight is 438 g/mol. The van der Waals surface area contributed by atoms with E-state index >= 15 is 0 Å². The summed E-state index contributed by atoms with van der Waals surface area (Å²) in [6, 6.07) is 7.60. The van der Waals surface area contributed by atoms with E-state index in [0.29, 0.717) is 29.0 Å². The Morgan fingerprint density at radius 3 is 2.69 bits per heavy atom. The first-order valence-corrected chi connectivity index (χ1v) is 12.2. The van der Waals surface area contributed by atoms with Gasteiger partial charge < -0.3 is 15.2 Å². The Balaban J connectivity index is 1.53. The Hall–Kier alpha value is -2.14. The Labute approximate surface area is 190 Å². The molecule has 1 aliphatic heterocycles. The van der Waals surface area contributed by atoms with Crippen molar-refractivity contribution in [2.45, 2.75) is 64.9 Å². The van der Waals surface area contributed by atoms with Gasteiger partial charge in [-0.05, 0) is 93.1 Å². The SMILES string of the molecule is COC(=O)[C@@]1(C)CC[C@H]2[C@@H](CC[C@H]3C[C@@H](O)CC[C@@]32C)[C@@H]1/C=C1/Nc2ccccc2C1=O. The number of Topliss-reactive ketones (excluding diaryl/α,β-unsaturated/α-hetero) is 1. The molecule has 0 unspecified atom stereocenters. The molecule has 1 aromatic carbocycles. The van der Waals surface area contributed by atoms with E-state index in [1.807, 2.05) is 31.2 Å². The second-order valence-electron chi connectivity index (χ2n) is 11.0. The summed E-state index contributed by atoms with van der Waals surface area (Å²) in [5.74, 6) is 1.14. The van der Waals surface area contributed by atoms with Crippen molar-refractivity contribution in [2.24, 2.45) is 34.5 Å². The zero-order chi connectivity index (χ0) is 22.7. The van der Waals surface area contributed by atoms with E-state index in [0.717, 1.165) is 50.6 Å². The third kappa shape index (κ3) is 3.15. The Kier molecular flexibility index (Phi) is 5.23. The van der Waals surface area contributed by atoms with Crippen molar-refractivity contribution in [3.8, 4) is 0 Å². The molecule has 3 saturated carbocycles. The lowest BCUT2D eigenvalue weighted by Gasteiger charge is -2.60. The number of allylic oxidation sites excluding steroid dienone is 2. The van der Waals surface area contributed by atoms with Crippen LogP contribution in [-0.4, -0.2) is 30.1 Å². The third-order valence-corrected chi connectivity index (χ3v) is 9.57. The zero-order valence-electron chi connectivity index (χ0n) is 19.4. The molecular weight excluding hydrogens is 402 g/mol. The van der Waals surface area contributed by atoms with Gasteiger partial charge in [-0.3, -0.25) is 9.59 Å². The number of hydrogen-bond donors (Lipinski definition) is 2. The Bertz CT molecular complexity index is 970. The van der Waals surface area contributed by atoms with Crippen molar-refractivity contribution in [3.63, 3.8) is 0 Å². The van der Waals surface area contributed by atoms with Crippen LogP contribution in [0.15, 0.2) is 36.0 Å². The molecule has 5 heteroatoms. The van der Waals surface area contributed by atoms with Crippen LogP contribution in [0.5, 0.6) is 0 Å². The topological polar surface area (TPSA) is 75.6 Å². The van der Waals surface area contributed by atoms with E-state index < -0.39 is 5.41 Å². The lowest BCUT2D eigenvalue weighted by atomic mass is 9.44. The van der Waals surface area contributed by atoms with Gasteiger partial charge in [0, 0.05) is 11.3 Å². The maximum Gasteiger partial charge on any atom is 0.312 e. The quantitative estimate of drug-likeness (QED) is 0.505. The van der Waals surface area contributed by atoms with Crippen molar-refractivity contribution < 1.29 is 19.4 Å². The highest BCUT2D eigenvalue weighted by Crippen LogP contribution is 2.63. The van der Waals surface area contributed by atoms with Gasteiger partial charge in [0.1, 0.15) is 0 Å². The molecule has 7 atom stereocenters. The van der Waals surface area contributed by atoms with Crippen LogP contribution < -0.4 is 5.32 Å². The zero-order valence-corrected chi connectivity index (χ0v) is 19.4. The molecule has 0 aromatic heterocycles. The number of hydrogen-bond acceptors (Lipinski definition) is 5. The maximum atomic E-state index is 13.1. The molecular formula is C27H35NO4. The monoisotopic (exact) mass is 437 g/mol. The summed E-state index contributed by atoms with van der Waals surface area (Å²) >= 11 is 0. The van der Waals surface area contributed by atoms with Crippen LogP contribution in [0.4, 0.5) is 5.69 Å². The fourth-order valence-electron chi connectivity index (χ4n) is 7.70. The van der Waals surface area contributed by atoms with E-state index in [1.165, 1.54) is 7.11 Å². The summed E-state index contributed by atoms with van der Waals surface area (Å²) in [6.45, 7) is 4.45. The lowest BCUT2D eigenvalue weighted by Crippen LogP contribution is -2.55. The molecule has 5 rings (SSSR count). The van der Waals surface area contributed by atoms with E-state index in [-0.39, 0.29) is 29.2 Å². The number of methoxy groups -OCH3 is 1. The van der Waals surface area contributed by atoms with Crippen LogP contribution in [0.25, 0.3) is 0 Å². The Morgan fingerprint density at radius 1 is 1.16 bits per heavy atom. The number of benzene rings is 1. The smallest absolute Gasteiger partial charge is 0.312 e. The molecule has 0 spiro atoms. The van der Waals surface area contributed by atoms with Gasteiger partial charge in [0.15, 0.2) is 0 Å². The van der Waals surface area contributed by atoms with Gasteiger partial charge in [-0.15, -0.1) is 0 Å². The number of ketones is 1. The second kappa shape index (κ2) is 7.72. The van der Waals surface area contributed by atoms with Crippen LogP contribution >= 0.6 is 0 Å². The van der Waals surface area contributed by atoms with Gasteiger partial charge in [0.25, 0.3) is 0 Å². The molecule has 0 amide bonds. The first-order valence-electron chi connectivity index (χ1n) is 12.2. The summed E-state index contributed by atoms with van der Waals surface area (Å²) in [6.07, 6.45) is 8.57. The number of aliphatic hydroxyl groups excluding tert-OH is 1. The van der Waals surface area contributed by atoms with E-state index in [9.17, 15) is 14.7 Å². The lowest BCUT2D eigenvalue weighted by molar-refractivity contribution is -0.168. The fourth-order valence-corrected chi connectivity index (χ4v) is 7.70. The molecule has 5 nitrogen and oxygen atoms in total. The van der Waals surface area contributed by atoms with Crippen molar-refractivity contribution in [3.05, 3.63) is 41.6 Å². The predicted molar refractivity (Wildman–Crippen MR) is 123 cm³/mol. The first kappa shape index (κ1) is 21.7. The minimum Gasteiger partial charge on any atom is -0.469 e. The summed E-state index contributed by atoms with van der Waals surface area (Å²) in [4.78, 5) is 26.2. The number of esters is 1. The normalized spacial score (nSPS) is 41.9. The summed E-state index contributed by atoms with van der Waals surface area (Å²) in [5.41, 5.74) is 1.68. The summed E-state index contributed by atoms with van der Waals surface area (Å²) in [5, 5.41) is 13.6. The number of anilines is 1. The number of carbonyl (C=O) groups is 2. The van der Waals surface area contributed by atoms with Crippen LogP contribution in [0.3, 0.4) is 0 Å². The molecule has 0 bridgehead atoms. The summed E-state index contributed by atoms with van der Waals surface area (Å²) < 4.78 is 5.30. The molecule has 0 saturated heterocycles. The molecule has 1 heterocycles. The average Bonchev–Trinajstić information content (AvgIpc) is 3.11. The van der Waals surface area contributed by atoms with Gasteiger partial charge in [-0.25, -0.2) is 0 Å². The molecule has 4 aliphatic rings. The third-order valence-electron chi connectivity index (χ3n) is 9.57. The van der Waals surface area contributed by atoms with Gasteiger partial charge in [-0.2, -0.15) is 0 Å². The maximum absolute atomic E-state index is 13.1. The molecule has 32 heavy (non-hydrogen) atoms. The van der Waals surface area contributed by atoms with Crippen LogP contribution in [0, 0.1) is 34.5 Å². The van der Waals surface area contributed by atoms with Gasteiger partial charge in [-0.1, -0.05) is 25.1 Å². The Morgan fingerprint density at radius 2 is 1.94 bits per heavy atom. The molecule has 1 aromatic rings. The highest BCUT2D eigenvalue weighted by atomic mass is 16.5. The number of carbonyl (C=O) groups excluding carboxylic acids is 2. The van der Waals surface area contributed by atoms with Crippen LogP contribution in [0.1, 0.15) is 69.2 Å². The number of para-hydroxylation sites is 1. The molecule has 0 radical (unpaired) electrons. The molecule has 3 aliphatic carbocycles. The van der Waals surface area contributed by atoms with Gasteiger partial charge in [0.05, 0.1) is 24.3 Å². The molecule has 2 N–H and O–H groups in total. The number of ether oxygens (including phenoxy) is 1. The number of aliphatic hydroxyl groups is 1. The molecule has 3 fully saturated rings. The first-order chi connectivity index (χ1) is 15.3. The highest BCUT2D eigenvalue weighted by molar-refractivity contribution is 6.18. The van der Waals surface area contributed by atoms with Crippen molar-refractivity contribution in [1.29, 1.82) is 0 Å². The fraction of sp³-hybridized carbons (Fsp3) is 0.630. The van der Waals surface area contributed by atoms with Crippen molar-refractivity contribution in [2.75, 3.05) is 12.4 Å². The van der Waals surface area contributed by atoms with Crippen molar-refractivity contribution in [1.82, 2.24) is 0 Å². The number of fused-ring (bicyclic) bond motifs is 4. The van der Waals surface area contributed by atoms with Gasteiger partial charge >= 0.3 is 5.97 Å². The number of rotatable bonds is 2. The number of nitrogens with one attached hydrogen (secondary N) is 1. The largest absolute Gasteiger partial charge is 0.469 e. The van der Waals surface area contributed by atoms with E-state index in [4.69, 9.17) is 4.74 Å². The van der Waals surface area contributed by atoms with Crippen LogP contribution in [0.2, 0.25) is 0 Å².